The summed E-state index contributed by atoms with van der Waals surface area (Å²) in [5.41, 5.74) is 5.87. The van der Waals surface area contributed by atoms with Crippen molar-refractivity contribution >= 4 is 15.7 Å². The topological polar surface area (TPSA) is 80.5 Å². The highest BCUT2D eigenvalue weighted by Gasteiger charge is 2.32. The lowest BCUT2D eigenvalue weighted by Crippen LogP contribution is -2.52. The van der Waals surface area contributed by atoms with Gasteiger partial charge in [0.1, 0.15) is 5.25 Å². The molecule has 1 rings (SSSR count). The van der Waals surface area contributed by atoms with E-state index in [9.17, 15) is 13.2 Å². The van der Waals surface area contributed by atoms with Gasteiger partial charge in [-0.3, -0.25) is 4.79 Å². The van der Waals surface area contributed by atoms with Crippen molar-refractivity contribution in [2.45, 2.75) is 31.6 Å². The highest BCUT2D eigenvalue weighted by molar-refractivity contribution is 7.92. The summed E-state index contributed by atoms with van der Waals surface area (Å²) < 4.78 is 22.6. The first kappa shape index (κ1) is 13.4. The van der Waals surface area contributed by atoms with Gasteiger partial charge in [-0.2, -0.15) is 0 Å². The molecule has 1 aliphatic rings. The first-order valence-electron chi connectivity index (χ1n) is 5.46. The average Bonchev–Trinajstić information content (AvgIpc) is 2.18. The zero-order valence-corrected chi connectivity index (χ0v) is 10.8. The molecule has 3 unspecified atom stereocenters. The molecule has 0 spiro atoms. The van der Waals surface area contributed by atoms with E-state index < -0.39 is 15.1 Å². The van der Waals surface area contributed by atoms with E-state index in [4.69, 9.17) is 5.73 Å². The van der Waals surface area contributed by atoms with Crippen LogP contribution in [-0.4, -0.2) is 49.9 Å². The fourth-order valence-electron chi connectivity index (χ4n) is 1.74. The average molecular weight is 248 g/mol. The summed E-state index contributed by atoms with van der Waals surface area (Å²) in [5, 5.41) is -0.965. The molecule has 1 saturated heterocycles. The zero-order chi connectivity index (χ0) is 12.5. The molecule has 0 aromatic carbocycles. The largest absolute Gasteiger partial charge is 0.340 e. The van der Waals surface area contributed by atoms with E-state index in [1.165, 1.54) is 6.92 Å². The van der Waals surface area contributed by atoms with E-state index in [1.807, 2.05) is 6.92 Å². The summed E-state index contributed by atoms with van der Waals surface area (Å²) in [6.45, 7) is 4.54. The van der Waals surface area contributed by atoms with Gasteiger partial charge in [-0.1, -0.05) is 6.92 Å². The van der Waals surface area contributed by atoms with Crippen LogP contribution in [0.4, 0.5) is 0 Å². The minimum Gasteiger partial charge on any atom is -0.340 e. The predicted octanol–water partition coefficient (Wildman–Crippen LogP) is -0.385. The second kappa shape index (κ2) is 4.71. The van der Waals surface area contributed by atoms with Gasteiger partial charge in [-0.15, -0.1) is 0 Å². The fourth-order valence-corrected chi connectivity index (χ4v) is 2.26. The number of sulfone groups is 1. The van der Waals surface area contributed by atoms with Crippen LogP contribution >= 0.6 is 0 Å². The van der Waals surface area contributed by atoms with Gasteiger partial charge in [0.2, 0.25) is 5.91 Å². The second-order valence-corrected chi connectivity index (χ2v) is 7.05. The number of rotatable bonds is 2. The molecule has 0 aromatic rings. The van der Waals surface area contributed by atoms with Gasteiger partial charge >= 0.3 is 0 Å². The van der Waals surface area contributed by atoms with Crippen LogP contribution in [0.5, 0.6) is 0 Å². The van der Waals surface area contributed by atoms with E-state index in [2.05, 4.69) is 0 Å². The van der Waals surface area contributed by atoms with E-state index in [1.54, 1.807) is 4.90 Å². The lowest BCUT2D eigenvalue weighted by Gasteiger charge is -2.36. The number of carbonyl (C=O) groups is 1. The molecule has 94 valence electrons. The highest BCUT2D eigenvalue weighted by atomic mass is 32.2. The van der Waals surface area contributed by atoms with Crippen LogP contribution in [0, 0.1) is 5.92 Å². The normalized spacial score (nSPS) is 28.9. The fraction of sp³-hybridized carbons (Fsp3) is 0.900. The first-order valence-corrected chi connectivity index (χ1v) is 7.42. The number of likely N-dealkylation sites (tertiary alicyclic amines) is 1. The maximum absolute atomic E-state index is 11.9. The minimum absolute atomic E-state index is 0.0514. The van der Waals surface area contributed by atoms with Crippen LogP contribution < -0.4 is 5.73 Å². The van der Waals surface area contributed by atoms with Crippen LogP contribution in [0.25, 0.3) is 0 Å². The molecule has 0 aliphatic carbocycles. The third kappa shape index (κ3) is 2.95. The maximum Gasteiger partial charge on any atom is 0.240 e. The second-order valence-electron chi connectivity index (χ2n) is 4.69. The molecule has 1 fully saturated rings. The van der Waals surface area contributed by atoms with Gasteiger partial charge in [0.15, 0.2) is 9.84 Å². The molecule has 16 heavy (non-hydrogen) atoms. The zero-order valence-electron chi connectivity index (χ0n) is 10.0. The first-order chi connectivity index (χ1) is 7.23. The monoisotopic (exact) mass is 248 g/mol. The molecule has 2 N–H and O–H groups in total. The molecular formula is C10H20N2O3S. The van der Waals surface area contributed by atoms with Crippen molar-refractivity contribution in [1.82, 2.24) is 4.90 Å². The molecule has 0 bridgehead atoms. The van der Waals surface area contributed by atoms with Gasteiger partial charge in [0.25, 0.3) is 0 Å². The van der Waals surface area contributed by atoms with E-state index in [-0.39, 0.29) is 11.9 Å². The number of nitrogens with zero attached hydrogens (tertiary/aromatic N) is 1. The summed E-state index contributed by atoms with van der Waals surface area (Å²) in [5.74, 6) is 0.0578. The molecule has 0 aromatic heterocycles. The molecule has 3 atom stereocenters. The smallest absolute Gasteiger partial charge is 0.240 e. The van der Waals surface area contributed by atoms with E-state index >= 15 is 0 Å². The molecule has 1 aliphatic heterocycles. The van der Waals surface area contributed by atoms with Crippen molar-refractivity contribution in [3.05, 3.63) is 0 Å². The summed E-state index contributed by atoms with van der Waals surface area (Å²) in [4.78, 5) is 13.5. The van der Waals surface area contributed by atoms with Crippen LogP contribution in [0.15, 0.2) is 0 Å². The van der Waals surface area contributed by atoms with Crippen LogP contribution in [-0.2, 0) is 14.6 Å². The van der Waals surface area contributed by atoms with Gasteiger partial charge < -0.3 is 10.6 Å². The molecule has 5 nitrogen and oxygen atoms in total. The van der Waals surface area contributed by atoms with Crippen molar-refractivity contribution in [1.29, 1.82) is 0 Å². The molecule has 0 radical (unpaired) electrons. The minimum atomic E-state index is -3.31. The summed E-state index contributed by atoms with van der Waals surface area (Å²) in [6.07, 6.45) is 1.92. The predicted molar refractivity (Wildman–Crippen MR) is 62.6 cm³/mol. The van der Waals surface area contributed by atoms with Crippen LogP contribution in [0.3, 0.4) is 0 Å². The summed E-state index contributed by atoms with van der Waals surface area (Å²) >= 11 is 0. The van der Waals surface area contributed by atoms with Crippen molar-refractivity contribution in [3.8, 4) is 0 Å². The molecule has 1 heterocycles. The Labute approximate surface area is 96.9 Å². The quantitative estimate of drug-likeness (QED) is 0.722. The lowest BCUT2D eigenvalue weighted by atomic mass is 9.94. The standard InChI is InChI=1S/C10H20N2O3S/c1-7-4-5-12(6-9(7)11)10(13)8(2)16(3,14)15/h7-9H,4-6,11H2,1-3H3. The van der Waals surface area contributed by atoms with Crippen molar-refractivity contribution in [2.24, 2.45) is 11.7 Å². The van der Waals surface area contributed by atoms with Gasteiger partial charge in [-0.25, -0.2) is 8.42 Å². The van der Waals surface area contributed by atoms with Gasteiger partial charge in [0.05, 0.1) is 0 Å². The van der Waals surface area contributed by atoms with E-state index in [0.717, 1.165) is 12.7 Å². The maximum atomic E-state index is 11.9. The number of nitrogens with two attached hydrogens (primary N) is 1. The summed E-state index contributed by atoms with van der Waals surface area (Å²) in [6, 6.07) is -0.0514. The third-order valence-electron chi connectivity index (χ3n) is 3.32. The van der Waals surface area contributed by atoms with Crippen molar-refractivity contribution in [2.75, 3.05) is 19.3 Å². The Morgan fingerprint density at radius 2 is 2.06 bits per heavy atom. The number of hydrogen-bond acceptors (Lipinski definition) is 4. The van der Waals surface area contributed by atoms with Gasteiger partial charge in [-0.05, 0) is 19.3 Å². The Balaban J connectivity index is 2.69. The molecule has 1 amide bonds. The molecule has 6 heteroatoms. The number of hydrogen-bond donors (Lipinski definition) is 1. The Hall–Kier alpha value is -0.620. The Morgan fingerprint density at radius 3 is 2.50 bits per heavy atom. The molecular weight excluding hydrogens is 228 g/mol. The Morgan fingerprint density at radius 1 is 1.50 bits per heavy atom. The Kier molecular flexibility index (Phi) is 3.96. The van der Waals surface area contributed by atoms with Crippen LogP contribution in [0.1, 0.15) is 20.3 Å². The highest BCUT2D eigenvalue weighted by Crippen LogP contribution is 2.17. The van der Waals surface area contributed by atoms with Crippen LogP contribution in [0.2, 0.25) is 0 Å². The molecule has 0 saturated carbocycles. The van der Waals surface area contributed by atoms with E-state index in [0.29, 0.717) is 19.0 Å². The number of carbonyl (C=O) groups excluding carboxylic acids is 1. The number of piperidine rings is 1. The lowest BCUT2D eigenvalue weighted by molar-refractivity contribution is -0.132. The van der Waals surface area contributed by atoms with Gasteiger partial charge in [0, 0.05) is 25.4 Å². The third-order valence-corrected chi connectivity index (χ3v) is 4.80. The Bertz CT molecular complexity index is 366. The van der Waals surface area contributed by atoms with Crippen molar-refractivity contribution < 1.29 is 13.2 Å². The summed E-state index contributed by atoms with van der Waals surface area (Å²) in [7, 11) is -3.31. The van der Waals surface area contributed by atoms with Crippen molar-refractivity contribution in [3.63, 3.8) is 0 Å². The SMILES string of the molecule is CC1CCN(C(=O)C(C)S(C)(=O)=O)CC1N. The number of amides is 1.